The topological polar surface area (TPSA) is 110 Å². The summed E-state index contributed by atoms with van der Waals surface area (Å²) in [5.74, 6) is 0.934. The molecule has 0 bridgehead atoms. The quantitative estimate of drug-likeness (QED) is 0.790. The van der Waals surface area contributed by atoms with Crippen molar-refractivity contribution in [2.24, 2.45) is 5.92 Å². The van der Waals surface area contributed by atoms with Gasteiger partial charge in [0.05, 0.1) is 12.1 Å². The van der Waals surface area contributed by atoms with Gasteiger partial charge in [-0.25, -0.2) is 9.78 Å². The molecule has 3 unspecified atom stereocenters. The Labute approximate surface area is 141 Å². The summed E-state index contributed by atoms with van der Waals surface area (Å²) in [6, 6.07) is 6.82. The van der Waals surface area contributed by atoms with Crippen molar-refractivity contribution in [1.82, 2.24) is 10.3 Å². The number of nitrogens with one attached hydrogen (secondary N) is 2. The Kier molecular flexibility index (Phi) is 2.74. The van der Waals surface area contributed by atoms with E-state index >= 15 is 0 Å². The highest BCUT2D eigenvalue weighted by Gasteiger charge is 2.63. The number of aromatic nitrogens is 1. The second-order valence-electron chi connectivity index (χ2n) is 6.22. The van der Waals surface area contributed by atoms with E-state index in [9.17, 15) is 14.7 Å². The number of carboxylic acid groups (broad SMARTS) is 1. The van der Waals surface area contributed by atoms with E-state index < -0.39 is 11.9 Å². The van der Waals surface area contributed by atoms with E-state index in [4.69, 9.17) is 9.47 Å². The SMILES string of the molecule is O=C1NCc2c(Oc3ccc4c(c3)C3C(O4)C3C(=O)O)ccnc2N1. The lowest BCUT2D eigenvalue weighted by Gasteiger charge is -2.20. The lowest BCUT2D eigenvalue weighted by atomic mass is 10.1. The van der Waals surface area contributed by atoms with Gasteiger partial charge in [0.2, 0.25) is 0 Å². The molecule has 1 fully saturated rings. The number of benzene rings is 1. The second kappa shape index (κ2) is 4.85. The molecule has 3 heterocycles. The van der Waals surface area contributed by atoms with E-state index in [-0.39, 0.29) is 18.1 Å². The number of carbonyl (C=O) groups is 2. The van der Waals surface area contributed by atoms with Crippen LogP contribution in [0.3, 0.4) is 0 Å². The van der Waals surface area contributed by atoms with Crippen LogP contribution in [0.4, 0.5) is 10.6 Å². The maximum absolute atomic E-state index is 11.4. The van der Waals surface area contributed by atoms with Gasteiger partial charge in [-0.2, -0.15) is 0 Å². The van der Waals surface area contributed by atoms with Crippen molar-refractivity contribution in [2.45, 2.75) is 18.6 Å². The molecule has 1 aromatic heterocycles. The smallest absolute Gasteiger partial charge is 0.320 e. The fraction of sp³-hybridized carbons (Fsp3) is 0.235. The van der Waals surface area contributed by atoms with Gasteiger partial charge in [-0.05, 0) is 24.3 Å². The number of nitrogens with zero attached hydrogens (tertiary/aromatic N) is 1. The van der Waals surface area contributed by atoms with E-state index in [0.29, 0.717) is 29.6 Å². The zero-order valence-corrected chi connectivity index (χ0v) is 12.9. The molecule has 25 heavy (non-hydrogen) atoms. The highest BCUT2D eigenvalue weighted by atomic mass is 16.5. The van der Waals surface area contributed by atoms with Gasteiger partial charge < -0.3 is 19.9 Å². The number of amides is 2. The van der Waals surface area contributed by atoms with Crippen LogP contribution in [0.15, 0.2) is 30.5 Å². The first kappa shape index (κ1) is 14.1. The van der Waals surface area contributed by atoms with Crippen LogP contribution < -0.4 is 20.1 Å². The highest BCUT2D eigenvalue weighted by Crippen LogP contribution is 2.59. The van der Waals surface area contributed by atoms with E-state index in [1.807, 2.05) is 6.07 Å². The number of carbonyl (C=O) groups excluding carboxylic acids is 1. The zero-order chi connectivity index (χ0) is 17.1. The van der Waals surface area contributed by atoms with Crippen LogP contribution in [0.2, 0.25) is 0 Å². The van der Waals surface area contributed by atoms with E-state index in [1.165, 1.54) is 0 Å². The summed E-state index contributed by atoms with van der Waals surface area (Å²) in [5, 5.41) is 14.5. The molecule has 3 atom stereocenters. The van der Waals surface area contributed by atoms with Gasteiger partial charge in [0.1, 0.15) is 35.1 Å². The van der Waals surface area contributed by atoms with Gasteiger partial charge in [0, 0.05) is 17.7 Å². The summed E-state index contributed by atoms with van der Waals surface area (Å²) in [4.78, 5) is 26.7. The van der Waals surface area contributed by atoms with Crippen molar-refractivity contribution in [3.63, 3.8) is 0 Å². The lowest BCUT2D eigenvalue weighted by molar-refractivity contribution is -0.139. The van der Waals surface area contributed by atoms with E-state index in [1.54, 1.807) is 24.4 Å². The molecular weight excluding hydrogens is 326 g/mol. The molecule has 126 valence electrons. The summed E-state index contributed by atoms with van der Waals surface area (Å²) >= 11 is 0. The number of ether oxygens (including phenoxy) is 2. The summed E-state index contributed by atoms with van der Waals surface area (Å²) < 4.78 is 11.6. The predicted molar refractivity (Wildman–Crippen MR) is 84.9 cm³/mol. The summed E-state index contributed by atoms with van der Waals surface area (Å²) in [7, 11) is 0. The number of pyridine rings is 1. The third-order valence-corrected chi connectivity index (χ3v) is 4.74. The van der Waals surface area contributed by atoms with Crippen LogP contribution in [0, 0.1) is 5.92 Å². The monoisotopic (exact) mass is 339 g/mol. The van der Waals surface area contributed by atoms with Gasteiger partial charge in [-0.15, -0.1) is 0 Å². The number of carboxylic acids is 1. The Morgan fingerprint density at radius 2 is 2.24 bits per heavy atom. The summed E-state index contributed by atoms with van der Waals surface area (Å²) in [5.41, 5.74) is 1.62. The summed E-state index contributed by atoms with van der Waals surface area (Å²) in [6.07, 6.45) is 1.30. The normalized spacial score (nSPS) is 24.8. The molecule has 5 rings (SSSR count). The largest absolute Gasteiger partial charge is 0.489 e. The molecular formula is C17H13N3O5. The second-order valence-corrected chi connectivity index (χ2v) is 6.22. The van der Waals surface area contributed by atoms with Gasteiger partial charge in [0.25, 0.3) is 0 Å². The number of rotatable bonds is 3. The zero-order valence-electron chi connectivity index (χ0n) is 12.9. The van der Waals surface area contributed by atoms with Crippen molar-refractivity contribution >= 4 is 17.8 Å². The number of hydrogen-bond donors (Lipinski definition) is 3. The van der Waals surface area contributed by atoms with E-state index in [2.05, 4.69) is 15.6 Å². The van der Waals surface area contributed by atoms with E-state index in [0.717, 1.165) is 11.1 Å². The van der Waals surface area contributed by atoms with Crippen LogP contribution in [-0.2, 0) is 11.3 Å². The van der Waals surface area contributed by atoms with Gasteiger partial charge in [-0.3, -0.25) is 10.1 Å². The van der Waals surface area contributed by atoms with Crippen molar-refractivity contribution in [1.29, 1.82) is 0 Å². The Balaban J connectivity index is 1.44. The average Bonchev–Trinajstić information content (AvgIpc) is 3.19. The average molecular weight is 339 g/mol. The lowest BCUT2D eigenvalue weighted by Crippen LogP contribution is -2.34. The van der Waals surface area contributed by atoms with Crippen LogP contribution in [-0.4, -0.2) is 28.2 Å². The summed E-state index contributed by atoms with van der Waals surface area (Å²) in [6.45, 7) is 0.324. The Morgan fingerprint density at radius 3 is 3.08 bits per heavy atom. The third kappa shape index (κ3) is 2.10. The maximum Gasteiger partial charge on any atom is 0.320 e. The van der Waals surface area contributed by atoms with Crippen molar-refractivity contribution in [3.05, 3.63) is 41.6 Å². The Bertz CT molecular complexity index is 928. The van der Waals surface area contributed by atoms with Crippen LogP contribution in [0.5, 0.6) is 17.2 Å². The van der Waals surface area contributed by atoms with Gasteiger partial charge in [0.15, 0.2) is 0 Å². The molecule has 2 aliphatic heterocycles. The number of anilines is 1. The highest BCUT2D eigenvalue weighted by molar-refractivity contribution is 5.91. The van der Waals surface area contributed by atoms with Crippen molar-refractivity contribution < 1.29 is 24.2 Å². The predicted octanol–water partition coefficient (Wildman–Crippen LogP) is 2.07. The fourth-order valence-electron chi connectivity index (χ4n) is 3.50. The van der Waals surface area contributed by atoms with Crippen LogP contribution in [0.25, 0.3) is 0 Å². The van der Waals surface area contributed by atoms with Crippen molar-refractivity contribution in [3.8, 4) is 17.2 Å². The minimum absolute atomic E-state index is 0.108. The first-order chi connectivity index (χ1) is 12.1. The molecule has 2 aromatic rings. The molecule has 8 heteroatoms. The molecule has 3 N–H and O–H groups in total. The van der Waals surface area contributed by atoms with Crippen molar-refractivity contribution in [2.75, 3.05) is 5.32 Å². The van der Waals surface area contributed by atoms with Crippen LogP contribution >= 0.6 is 0 Å². The molecule has 0 radical (unpaired) electrons. The standard InChI is InChI=1S/C17H13N3O5/c21-16(22)13-12-8-5-7(1-2-10(8)25-14(12)13)24-11-3-4-18-15-9(11)6-19-17(23)20-15/h1-5,12-14H,6H2,(H,21,22)(H2,18,19,20,23). The minimum atomic E-state index is -0.836. The van der Waals surface area contributed by atoms with Crippen LogP contribution in [0.1, 0.15) is 17.0 Å². The number of aliphatic carboxylic acids is 1. The Morgan fingerprint density at radius 1 is 1.36 bits per heavy atom. The molecule has 0 saturated heterocycles. The maximum atomic E-state index is 11.4. The first-order valence-electron chi connectivity index (χ1n) is 7.86. The first-order valence-corrected chi connectivity index (χ1v) is 7.86. The number of hydrogen-bond acceptors (Lipinski definition) is 5. The molecule has 1 aromatic carbocycles. The molecule has 8 nitrogen and oxygen atoms in total. The fourth-order valence-corrected chi connectivity index (χ4v) is 3.50. The molecule has 1 aliphatic carbocycles. The Hall–Kier alpha value is -3.29. The molecule has 2 amide bonds. The van der Waals surface area contributed by atoms with Gasteiger partial charge in [-0.1, -0.05) is 0 Å². The number of urea groups is 1. The third-order valence-electron chi connectivity index (χ3n) is 4.74. The molecule has 1 saturated carbocycles. The molecule has 0 spiro atoms. The minimum Gasteiger partial charge on any atom is -0.489 e. The van der Waals surface area contributed by atoms with Gasteiger partial charge >= 0.3 is 12.0 Å². The molecule has 3 aliphatic rings. The number of fused-ring (bicyclic) bond motifs is 4.